The van der Waals surface area contributed by atoms with Crippen LogP contribution in [0.25, 0.3) is 0 Å². The molecule has 0 saturated heterocycles. The molecule has 0 fully saturated rings. The van der Waals surface area contributed by atoms with Gasteiger partial charge in [0.25, 0.3) is 5.91 Å². The van der Waals surface area contributed by atoms with Gasteiger partial charge in [-0.2, -0.15) is 0 Å². The van der Waals surface area contributed by atoms with E-state index in [1.165, 1.54) is 5.56 Å². The largest absolute Gasteiger partial charge is 0.467 e. The Morgan fingerprint density at radius 1 is 1.30 bits per heavy atom. The fourth-order valence-electron chi connectivity index (χ4n) is 1.95. The summed E-state index contributed by atoms with van der Waals surface area (Å²) >= 11 is 0. The van der Waals surface area contributed by atoms with E-state index in [9.17, 15) is 4.79 Å². The Balaban J connectivity index is 1.93. The van der Waals surface area contributed by atoms with Gasteiger partial charge in [-0.25, -0.2) is 0 Å². The molecule has 2 aromatic rings. The van der Waals surface area contributed by atoms with Crippen LogP contribution in [-0.4, -0.2) is 19.6 Å². The number of furan rings is 1. The van der Waals surface area contributed by atoms with Crippen LogP contribution in [0.5, 0.6) is 0 Å². The molecule has 4 heteroatoms. The summed E-state index contributed by atoms with van der Waals surface area (Å²) in [6.45, 7) is 2.46. The number of methoxy groups -OCH3 is 1. The summed E-state index contributed by atoms with van der Waals surface area (Å²) in [6.07, 6.45) is 2.28. The highest BCUT2D eigenvalue weighted by Crippen LogP contribution is 2.16. The summed E-state index contributed by atoms with van der Waals surface area (Å²) in [5.74, 6) is 0.593. The van der Waals surface area contributed by atoms with Crippen LogP contribution in [0.3, 0.4) is 0 Å². The van der Waals surface area contributed by atoms with E-state index in [2.05, 4.69) is 12.2 Å². The van der Waals surface area contributed by atoms with Gasteiger partial charge >= 0.3 is 0 Å². The second-order valence-electron chi connectivity index (χ2n) is 4.50. The fraction of sp³-hybridized carbons (Fsp3) is 0.312. The Hall–Kier alpha value is -2.07. The number of carbonyl (C=O) groups is 1. The van der Waals surface area contributed by atoms with E-state index >= 15 is 0 Å². The first-order valence-electron chi connectivity index (χ1n) is 6.68. The topological polar surface area (TPSA) is 51.5 Å². The van der Waals surface area contributed by atoms with E-state index in [0.29, 0.717) is 17.9 Å². The molecule has 0 spiro atoms. The molecular weight excluding hydrogens is 254 g/mol. The molecule has 0 aliphatic carbocycles. The Labute approximate surface area is 118 Å². The minimum absolute atomic E-state index is 0.110. The maximum atomic E-state index is 12.0. The van der Waals surface area contributed by atoms with E-state index in [0.717, 1.165) is 6.42 Å². The minimum atomic E-state index is -0.274. The van der Waals surface area contributed by atoms with Crippen molar-refractivity contribution in [1.29, 1.82) is 0 Å². The molecule has 1 aromatic heterocycles. The second kappa shape index (κ2) is 6.91. The molecule has 1 N–H and O–H groups in total. The van der Waals surface area contributed by atoms with Crippen LogP contribution in [0.1, 0.15) is 34.7 Å². The van der Waals surface area contributed by atoms with Crippen LogP contribution in [-0.2, 0) is 11.2 Å². The molecule has 0 aliphatic heterocycles. The lowest BCUT2D eigenvalue weighted by Crippen LogP contribution is -2.29. The monoisotopic (exact) mass is 273 g/mol. The lowest BCUT2D eigenvalue weighted by atomic mass is 10.1. The van der Waals surface area contributed by atoms with Crippen LogP contribution in [0, 0.1) is 0 Å². The van der Waals surface area contributed by atoms with E-state index in [1.54, 1.807) is 19.4 Å². The van der Waals surface area contributed by atoms with Gasteiger partial charge in [0.1, 0.15) is 11.9 Å². The van der Waals surface area contributed by atoms with Gasteiger partial charge in [0.2, 0.25) is 0 Å². The first kappa shape index (κ1) is 14.3. The smallest absolute Gasteiger partial charge is 0.251 e. The lowest BCUT2D eigenvalue weighted by Gasteiger charge is -2.13. The molecule has 1 heterocycles. The number of aryl methyl sites for hydroxylation is 1. The summed E-state index contributed by atoms with van der Waals surface area (Å²) in [5, 5.41) is 2.85. The van der Waals surface area contributed by atoms with Crippen molar-refractivity contribution in [1.82, 2.24) is 5.32 Å². The standard InChI is InChI=1S/C16H19NO3/c1-3-12-6-8-13(9-7-12)16(18)17-11-15(19-2)14-5-4-10-20-14/h4-10,15H,3,11H2,1-2H3,(H,17,18)/t15-/m1/s1. The summed E-state index contributed by atoms with van der Waals surface area (Å²) in [5.41, 5.74) is 1.86. The average Bonchev–Trinajstić information content (AvgIpc) is 3.02. The molecule has 2 rings (SSSR count). The molecular formula is C16H19NO3. The van der Waals surface area contributed by atoms with Crippen molar-refractivity contribution >= 4 is 5.91 Å². The first-order valence-corrected chi connectivity index (χ1v) is 6.68. The summed E-state index contributed by atoms with van der Waals surface area (Å²) < 4.78 is 10.6. The molecule has 1 amide bonds. The summed E-state index contributed by atoms with van der Waals surface area (Å²) in [6, 6.07) is 11.2. The maximum Gasteiger partial charge on any atom is 0.251 e. The van der Waals surface area contributed by atoms with Crippen molar-refractivity contribution in [2.45, 2.75) is 19.4 Å². The number of benzene rings is 1. The van der Waals surface area contributed by atoms with Crippen molar-refractivity contribution in [3.63, 3.8) is 0 Å². The van der Waals surface area contributed by atoms with Gasteiger partial charge in [-0.05, 0) is 36.2 Å². The number of carbonyl (C=O) groups excluding carboxylic acids is 1. The van der Waals surface area contributed by atoms with Crippen molar-refractivity contribution in [2.75, 3.05) is 13.7 Å². The van der Waals surface area contributed by atoms with Gasteiger partial charge in [-0.1, -0.05) is 19.1 Å². The summed E-state index contributed by atoms with van der Waals surface area (Å²) in [4.78, 5) is 12.0. The van der Waals surface area contributed by atoms with E-state index in [-0.39, 0.29) is 12.0 Å². The molecule has 106 valence electrons. The molecule has 4 nitrogen and oxygen atoms in total. The third-order valence-electron chi connectivity index (χ3n) is 3.22. The van der Waals surface area contributed by atoms with Crippen molar-refractivity contribution in [2.24, 2.45) is 0 Å². The molecule has 1 aromatic carbocycles. The van der Waals surface area contributed by atoms with E-state index in [4.69, 9.17) is 9.15 Å². The Morgan fingerprint density at radius 3 is 2.60 bits per heavy atom. The van der Waals surface area contributed by atoms with Crippen molar-refractivity contribution in [3.05, 3.63) is 59.5 Å². The lowest BCUT2D eigenvalue weighted by molar-refractivity contribution is 0.0738. The SMILES string of the molecule is CCc1ccc(C(=O)NC[C@@H](OC)c2ccco2)cc1. The van der Waals surface area contributed by atoms with Crippen LogP contribution >= 0.6 is 0 Å². The average molecular weight is 273 g/mol. The van der Waals surface area contributed by atoms with Gasteiger partial charge < -0.3 is 14.5 Å². The number of rotatable bonds is 6. The third kappa shape index (κ3) is 3.48. The Bertz CT molecular complexity index is 531. The molecule has 20 heavy (non-hydrogen) atoms. The number of hydrogen-bond donors (Lipinski definition) is 1. The molecule has 0 radical (unpaired) electrons. The zero-order valence-electron chi connectivity index (χ0n) is 11.8. The number of hydrogen-bond acceptors (Lipinski definition) is 3. The highest BCUT2D eigenvalue weighted by atomic mass is 16.5. The van der Waals surface area contributed by atoms with Gasteiger partial charge in [-0.15, -0.1) is 0 Å². The quantitative estimate of drug-likeness (QED) is 0.880. The maximum absolute atomic E-state index is 12.0. The second-order valence-corrected chi connectivity index (χ2v) is 4.50. The highest BCUT2D eigenvalue weighted by molar-refractivity contribution is 5.94. The highest BCUT2D eigenvalue weighted by Gasteiger charge is 2.15. The molecule has 0 bridgehead atoms. The minimum Gasteiger partial charge on any atom is -0.467 e. The van der Waals surface area contributed by atoms with Crippen LogP contribution in [0.15, 0.2) is 47.1 Å². The van der Waals surface area contributed by atoms with Crippen LogP contribution < -0.4 is 5.32 Å². The predicted octanol–water partition coefficient (Wildman–Crippen LogP) is 2.96. The molecule has 0 aliphatic rings. The van der Waals surface area contributed by atoms with E-state index < -0.39 is 0 Å². The first-order chi connectivity index (χ1) is 9.74. The molecule has 0 unspecified atom stereocenters. The Morgan fingerprint density at radius 2 is 2.05 bits per heavy atom. The van der Waals surface area contributed by atoms with Crippen LogP contribution in [0.2, 0.25) is 0 Å². The fourth-order valence-corrected chi connectivity index (χ4v) is 1.95. The number of amides is 1. The van der Waals surface area contributed by atoms with Gasteiger partial charge in [0.05, 0.1) is 12.8 Å². The zero-order valence-corrected chi connectivity index (χ0v) is 11.8. The van der Waals surface area contributed by atoms with Gasteiger partial charge in [0.15, 0.2) is 0 Å². The molecule has 1 atom stereocenters. The molecule has 0 saturated carbocycles. The third-order valence-corrected chi connectivity index (χ3v) is 3.22. The predicted molar refractivity (Wildman–Crippen MR) is 76.6 cm³/mol. The number of ether oxygens (including phenoxy) is 1. The Kier molecular flexibility index (Phi) is 4.96. The van der Waals surface area contributed by atoms with Crippen LogP contribution in [0.4, 0.5) is 0 Å². The van der Waals surface area contributed by atoms with Crippen molar-refractivity contribution in [3.8, 4) is 0 Å². The van der Waals surface area contributed by atoms with Gasteiger partial charge in [-0.3, -0.25) is 4.79 Å². The number of nitrogens with one attached hydrogen (secondary N) is 1. The van der Waals surface area contributed by atoms with Crippen molar-refractivity contribution < 1.29 is 13.9 Å². The zero-order chi connectivity index (χ0) is 14.4. The normalized spacial score (nSPS) is 12.1. The summed E-state index contributed by atoms with van der Waals surface area (Å²) in [7, 11) is 1.59. The van der Waals surface area contributed by atoms with Gasteiger partial charge in [0, 0.05) is 12.7 Å². The van der Waals surface area contributed by atoms with E-state index in [1.807, 2.05) is 30.3 Å².